The van der Waals surface area contributed by atoms with Crippen LogP contribution in [0.15, 0.2) is 28.9 Å². The maximum absolute atomic E-state index is 12.2. The first-order valence-electron chi connectivity index (χ1n) is 6.40. The van der Waals surface area contributed by atoms with Crippen LogP contribution >= 0.6 is 34.7 Å². The third kappa shape index (κ3) is 3.52. The van der Waals surface area contributed by atoms with Crippen LogP contribution in [0.3, 0.4) is 0 Å². The molecule has 0 fully saturated rings. The van der Waals surface area contributed by atoms with Crippen LogP contribution in [-0.4, -0.2) is 20.5 Å². The van der Waals surface area contributed by atoms with Gasteiger partial charge < -0.3 is 9.15 Å². The summed E-state index contributed by atoms with van der Waals surface area (Å²) in [6, 6.07) is 5.02. The number of halogens is 2. The fraction of sp³-hybridized carbons (Fsp3) is 0.143. The summed E-state index contributed by atoms with van der Waals surface area (Å²) in [5, 5.41) is 4.75. The first kappa shape index (κ1) is 15.9. The van der Waals surface area contributed by atoms with Gasteiger partial charge in [0.15, 0.2) is 10.8 Å². The Morgan fingerprint density at radius 2 is 2.17 bits per heavy atom. The second-order valence-electron chi connectivity index (χ2n) is 4.53. The van der Waals surface area contributed by atoms with Gasteiger partial charge in [-0.15, -0.1) is 5.10 Å². The Balaban J connectivity index is 1.74. The van der Waals surface area contributed by atoms with E-state index in [0.717, 1.165) is 17.1 Å². The van der Waals surface area contributed by atoms with Gasteiger partial charge in [0.2, 0.25) is 0 Å². The van der Waals surface area contributed by atoms with E-state index in [1.807, 2.05) is 0 Å². The average molecular weight is 370 g/mol. The van der Waals surface area contributed by atoms with Crippen molar-refractivity contribution in [2.75, 3.05) is 0 Å². The fourth-order valence-electron chi connectivity index (χ4n) is 1.81. The maximum atomic E-state index is 12.2. The molecule has 0 aliphatic rings. The van der Waals surface area contributed by atoms with E-state index >= 15 is 0 Å². The van der Waals surface area contributed by atoms with Crippen LogP contribution in [-0.2, 0) is 11.3 Å². The Bertz CT molecular complexity index is 863. The highest BCUT2D eigenvalue weighted by Gasteiger charge is 2.21. The maximum Gasteiger partial charge on any atom is 0.352 e. The lowest BCUT2D eigenvalue weighted by Gasteiger charge is -2.05. The van der Waals surface area contributed by atoms with Gasteiger partial charge in [0.05, 0.1) is 10.0 Å². The zero-order valence-corrected chi connectivity index (χ0v) is 14.1. The topological polar surface area (TPSA) is 78.1 Å². The Morgan fingerprint density at radius 3 is 2.87 bits per heavy atom. The summed E-state index contributed by atoms with van der Waals surface area (Å²) in [7, 11) is 0. The molecule has 6 nitrogen and oxygen atoms in total. The number of carbonyl (C=O) groups excluding carboxylic acids is 1. The molecule has 1 aromatic carbocycles. The van der Waals surface area contributed by atoms with Crippen molar-refractivity contribution in [3.63, 3.8) is 0 Å². The van der Waals surface area contributed by atoms with Crippen molar-refractivity contribution in [2.45, 2.75) is 13.5 Å². The Hall–Kier alpha value is -1.96. The molecule has 0 spiro atoms. The summed E-state index contributed by atoms with van der Waals surface area (Å²) >= 11 is 12.7. The molecule has 118 valence electrons. The molecule has 0 aliphatic heterocycles. The molecule has 3 rings (SSSR count). The fourth-order valence-corrected chi connectivity index (χ4v) is 2.70. The van der Waals surface area contributed by atoms with E-state index in [4.69, 9.17) is 32.4 Å². The molecule has 0 bridgehead atoms. The SMILES string of the molecule is Cc1nc(-c2nnsc2C(=O)OCc2ccc(Cl)c(Cl)c2)co1. The van der Waals surface area contributed by atoms with Gasteiger partial charge in [0, 0.05) is 6.92 Å². The molecule has 0 atom stereocenters. The lowest BCUT2D eigenvalue weighted by molar-refractivity contribution is 0.0479. The second-order valence-corrected chi connectivity index (χ2v) is 6.10. The van der Waals surface area contributed by atoms with E-state index in [1.165, 1.54) is 6.26 Å². The largest absolute Gasteiger partial charge is 0.457 e. The van der Waals surface area contributed by atoms with Crippen LogP contribution in [0.4, 0.5) is 0 Å². The molecule has 0 saturated carbocycles. The Labute approximate surface area is 145 Å². The molecule has 0 unspecified atom stereocenters. The molecular formula is C14H9Cl2N3O3S. The van der Waals surface area contributed by atoms with Crippen molar-refractivity contribution >= 4 is 40.7 Å². The Morgan fingerprint density at radius 1 is 1.35 bits per heavy atom. The summed E-state index contributed by atoms with van der Waals surface area (Å²) in [6.07, 6.45) is 1.42. The minimum absolute atomic E-state index is 0.0604. The minimum atomic E-state index is -0.540. The zero-order chi connectivity index (χ0) is 16.4. The highest BCUT2D eigenvalue weighted by Crippen LogP contribution is 2.25. The number of hydrogen-bond donors (Lipinski definition) is 0. The molecule has 0 amide bonds. The normalized spacial score (nSPS) is 10.7. The van der Waals surface area contributed by atoms with Crippen LogP contribution in [0, 0.1) is 6.92 Å². The second kappa shape index (κ2) is 6.66. The Kier molecular flexibility index (Phi) is 4.61. The summed E-state index contributed by atoms with van der Waals surface area (Å²) in [5.41, 5.74) is 1.51. The molecule has 0 radical (unpaired) electrons. The molecule has 23 heavy (non-hydrogen) atoms. The van der Waals surface area contributed by atoms with Crippen LogP contribution in [0.2, 0.25) is 10.0 Å². The number of oxazole rings is 1. The monoisotopic (exact) mass is 369 g/mol. The van der Waals surface area contributed by atoms with Crippen LogP contribution < -0.4 is 0 Å². The van der Waals surface area contributed by atoms with Crippen molar-refractivity contribution in [2.24, 2.45) is 0 Å². The number of nitrogens with zero attached hydrogens (tertiary/aromatic N) is 3. The predicted molar refractivity (Wildman–Crippen MR) is 85.7 cm³/mol. The number of benzene rings is 1. The molecule has 0 aliphatic carbocycles. The van der Waals surface area contributed by atoms with E-state index < -0.39 is 5.97 Å². The van der Waals surface area contributed by atoms with Crippen LogP contribution in [0.1, 0.15) is 21.1 Å². The van der Waals surface area contributed by atoms with Gasteiger partial charge in [0.25, 0.3) is 0 Å². The number of aromatic nitrogens is 3. The predicted octanol–water partition coefficient (Wildman–Crippen LogP) is 4.17. The van der Waals surface area contributed by atoms with Crippen molar-refractivity contribution in [3.8, 4) is 11.4 Å². The highest BCUT2D eigenvalue weighted by molar-refractivity contribution is 7.08. The molecule has 3 aromatic rings. The third-order valence-corrected chi connectivity index (χ3v) is 4.33. The summed E-state index contributed by atoms with van der Waals surface area (Å²) in [4.78, 5) is 16.6. The van der Waals surface area contributed by atoms with E-state index in [0.29, 0.717) is 27.3 Å². The molecular weight excluding hydrogens is 361 g/mol. The molecule has 2 aromatic heterocycles. The van der Waals surface area contributed by atoms with Gasteiger partial charge in [-0.3, -0.25) is 0 Å². The smallest absolute Gasteiger partial charge is 0.352 e. The lowest BCUT2D eigenvalue weighted by Crippen LogP contribution is -2.05. The molecule has 9 heteroatoms. The summed E-state index contributed by atoms with van der Waals surface area (Å²) in [6.45, 7) is 1.76. The molecule has 0 saturated heterocycles. The zero-order valence-electron chi connectivity index (χ0n) is 11.7. The van der Waals surface area contributed by atoms with Gasteiger partial charge >= 0.3 is 5.97 Å². The van der Waals surface area contributed by atoms with Crippen molar-refractivity contribution in [1.29, 1.82) is 0 Å². The first-order chi connectivity index (χ1) is 11.0. The summed E-state index contributed by atoms with van der Waals surface area (Å²) in [5.74, 6) is -0.0650. The first-order valence-corrected chi connectivity index (χ1v) is 7.93. The van der Waals surface area contributed by atoms with Gasteiger partial charge in [0.1, 0.15) is 24.3 Å². The van der Waals surface area contributed by atoms with Crippen LogP contribution in [0.5, 0.6) is 0 Å². The van der Waals surface area contributed by atoms with E-state index in [9.17, 15) is 4.79 Å². The average Bonchev–Trinajstić information content (AvgIpc) is 3.16. The van der Waals surface area contributed by atoms with E-state index in [-0.39, 0.29) is 11.5 Å². The highest BCUT2D eigenvalue weighted by atomic mass is 35.5. The van der Waals surface area contributed by atoms with Crippen molar-refractivity contribution in [1.82, 2.24) is 14.6 Å². The van der Waals surface area contributed by atoms with E-state index in [2.05, 4.69) is 14.6 Å². The third-order valence-electron chi connectivity index (χ3n) is 2.89. The standard InChI is InChI=1S/C14H9Cl2N3O3S/c1-7-17-11(6-21-7)12-13(23-19-18-12)14(20)22-5-8-2-3-9(15)10(16)4-8/h2-4,6H,5H2,1H3. The molecule has 0 N–H and O–H groups in total. The van der Waals surface area contributed by atoms with Gasteiger partial charge in [-0.25, -0.2) is 9.78 Å². The summed E-state index contributed by atoms with van der Waals surface area (Å²) < 4.78 is 14.2. The quantitative estimate of drug-likeness (QED) is 0.642. The van der Waals surface area contributed by atoms with Crippen molar-refractivity contribution < 1.29 is 13.9 Å². The molecule has 2 heterocycles. The number of aryl methyl sites for hydroxylation is 1. The lowest BCUT2D eigenvalue weighted by atomic mass is 10.2. The van der Waals surface area contributed by atoms with Crippen molar-refractivity contribution in [3.05, 3.63) is 50.8 Å². The number of ether oxygens (including phenoxy) is 1. The van der Waals surface area contributed by atoms with E-state index in [1.54, 1.807) is 25.1 Å². The van der Waals surface area contributed by atoms with Crippen LogP contribution in [0.25, 0.3) is 11.4 Å². The van der Waals surface area contributed by atoms with Gasteiger partial charge in [-0.1, -0.05) is 33.8 Å². The minimum Gasteiger partial charge on any atom is -0.457 e. The number of rotatable bonds is 4. The number of carbonyl (C=O) groups is 1. The van der Waals surface area contributed by atoms with Gasteiger partial charge in [-0.2, -0.15) is 0 Å². The number of esters is 1. The number of hydrogen-bond acceptors (Lipinski definition) is 7. The van der Waals surface area contributed by atoms with Gasteiger partial charge in [-0.05, 0) is 29.2 Å².